The van der Waals surface area contributed by atoms with Crippen molar-refractivity contribution in [2.75, 3.05) is 11.1 Å². The topological polar surface area (TPSA) is 72.7 Å². The second-order valence-corrected chi connectivity index (χ2v) is 6.96. The maximum Gasteiger partial charge on any atom is 0.236 e. The first-order chi connectivity index (χ1) is 11.1. The van der Waals surface area contributed by atoms with Crippen LogP contribution in [0.5, 0.6) is 0 Å². The van der Waals surface area contributed by atoms with Gasteiger partial charge in [-0.1, -0.05) is 30.0 Å². The molecule has 8 heteroatoms. The quantitative estimate of drug-likeness (QED) is 0.720. The van der Waals surface area contributed by atoms with Crippen molar-refractivity contribution < 1.29 is 4.79 Å². The highest BCUT2D eigenvalue weighted by Crippen LogP contribution is 2.22. The van der Waals surface area contributed by atoms with Gasteiger partial charge in [0.25, 0.3) is 0 Å². The summed E-state index contributed by atoms with van der Waals surface area (Å²) in [5.41, 5.74) is 1.91. The Bertz CT molecular complexity index is 793. The van der Waals surface area contributed by atoms with Gasteiger partial charge in [-0.15, -0.1) is 21.5 Å². The van der Waals surface area contributed by atoms with Gasteiger partial charge >= 0.3 is 0 Å². The number of rotatable bonds is 5. The molecule has 2 heterocycles. The van der Waals surface area contributed by atoms with Gasteiger partial charge < -0.3 is 5.32 Å². The number of thiazole rings is 1. The number of hydrogen-bond acceptors (Lipinski definition) is 6. The third-order valence-corrected chi connectivity index (χ3v) is 5.09. The number of carbonyl (C=O) groups excluding carboxylic acids is 1. The highest BCUT2D eigenvalue weighted by molar-refractivity contribution is 7.99. The predicted octanol–water partition coefficient (Wildman–Crippen LogP) is 3.07. The van der Waals surface area contributed by atoms with E-state index in [1.54, 1.807) is 6.33 Å². The summed E-state index contributed by atoms with van der Waals surface area (Å²) in [4.78, 5) is 17.5. The van der Waals surface area contributed by atoms with Crippen LogP contribution in [0.4, 0.5) is 5.13 Å². The molecule has 6 nitrogen and oxygen atoms in total. The van der Waals surface area contributed by atoms with Crippen molar-refractivity contribution in [3.05, 3.63) is 47.2 Å². The molecular formula is C15H15N5OS2. The van der Waals surface area contributed by atoms with E-state index >= 15 is 0 Å². The van der Waals surface area contributed by atoms with Gasteiger partial charge in [-0.05, 0) is 26.0 Å². The summed E-state index contributed by atoms with van der Waals surface area (Å²) in [7, 11) is 0. The van der Waals surface area contributed by atoms with Crippen molar-refractivity contribution in [1.82, 2.24) is 19.7 Å². The molecule has 0 unspecified atom stereocenters. The number of hydrogen-bond donors (Lipinski definition) is 1. The van der Waals surface area contributed by atoms with Crippen LogP contribution in [0.1, 0.15) is 10.6 Å². The molecule has 0 saturated heterocycles. The van der Waals surface area contributed by atoms with Crippen LogP contribution in [0, 0.1) is 13.8 Å². The van der Waals surface area contributed by atoms with Gasteiger partial charge in [0.05, 0.1) is 11.4 Å². The fraction of sp³-hybridized carbons (Fsp3) is 0.200. The number of anilines is 1. The second-order valence-electron chi connectivity index (χ2n) is 4.82. The van der Waals surface area contributed by atoms with E-state index in [4.69, 9.17) is 0 Å². The van der Waals surface area contributed by atoms with Crippen LogP contribution < -0.4 is 5.32 Å². The third kappa shape index (κ3) is 3.77. The summed E-state index contributed by atoms with van der Waals surface area (Å²) in [5, 5.41) is 12.1. The van der Waals surface area contributed by atoms with Gasteiger partial charge in [-0.25, -0.2) is 4.98 Å². The lowest BCUT2D eigenvalue weighted by atomic mass is 10.3. The average molecular weight is 345 g/mol. The number of benzene rings is 1. The summed E-state index contributed by atoms with van der Waals surface area (Å²) in [5.74, 6) is 0.148. The molecule has 0 spiro atoms. The summed E-state index contributed by atoms with van der Waals surface area (Å²) in [6.07, 6.45) is 1.64. The largest absolute Gasteiger partial charge is 0.301 e. The Kier molecular flexibility index (Phi) is 4.73. The zero-order valence-electron chi connectivity index (χ0n) is 12.7. The number of thioether (sulfide) groups is 1. The molecule has 0 atom stereocenters. The first-order valence-corrected chi connectivity index (χ1v) is 8.76. The molecule has 0 aliphatic carbocycles. The molecule has 0 bridgehead atoms. The Morgan fingerprint density at radius 3 is 2.78 bits per heavy atom. The maximum atomic E-state index is 12.1. The van der Waals surface area contributed by atoms with E-state index in [1.807, 2.05) is 48.7 Å². The number of nitrogens with one attached hydrogen (secondary N) is 1. The number of nitrogens with zero attached hydrogens (tertiary/aromatic N) is 4. The minimum Gasteiger partial charge on any atom is -0.301 e. The average Bonchev–Trinajstić information content (AvgIpc) is 3.13. The number of amides is 1. The number of para-hydroxylation sites is 1. The van der Waals surface area contributed by atoms with Crippen LogP contribution >= 0.6 is 23.1 Å². The highest BCUT2D eigenvalue weighted by atomic mass is 32.2. The van der Waals surface area contributed by atoms with E-state index in [0.29, 0.717) is 10.3 Å². The van der Waals surface area contributed by atoms with Crippen LogP contribution in [-0.4, -0.2) is 31.4 Å². The zero-order chi connectivity index (χ0) is 16.2. The molecule has 0 fully saturated rings. The van der Waals surface area contributed by atoms with E-state index < -0.39 is 0 Å². The van der Waals surface area contributed by atoms with Crippen molar-refractivity contribution in [3.63, 3.8) is 0 Å². The van der Waals surface area contributed by atoms with E-state index in [1.165, 1.54) is 23.1 Å². The fourth-order valence-electron chi connectivity index (χ4n) is 1.90. The Balaban J connectivity index is 1.63. The fourth-order valence-corrected chi connectivity index (χ4v) is 3.46. The number of carbonyl (C=O) groups is 1. The van der Waals surface area contributed by atoms with Crippen molar-refractivity contribution in [2.45, 2.75) is 19.0 Å². The van der Waals surface area contributed by atoms with E-state index in [2.05, 4.69) is 20.5 Å². The van der Waals surface area contributed by atoms with Crippen molar-refractivity contribution >= 4 is 34.1 Å². The lowest BCUT2D eigenvalue weighted by Gasteiger charge is -2.05. The summed E-state index contributed by atoms with van der Waals surface area (Å²) < 4.78 is 1.86. The van der Waals surface area contributed by atoms with Crippen molar-refractivity contribution in [1.29, 1.82) is 0 Å². The molecule has 0 radical (unpaired) electrons. The summed E-state index contributed by atoms with van der Waals surface area (Å²) in [6, 6.07) is 9.78. The molecule has 0 aliphatic heterocycles. The molecule has 0 aliphatic rings. The van der Waals surface area contributed by atoms with Gasteiger partial charge in [-0.2, -0.15) is 0 Å². The Hall–Kier alpha value is -2.19. The van der Waals surface area contributed by atoms with Crippen LogP contribution in [-0.2, 0) is 4.79 Å². The molecule has 2 aromatic heterocycles. The molecule has 118 valence electrons. The van der Waals surface area contributed by atoms with Gasteiger partial charge in [0.15, 0.2) is 10.3 Å². The zero-order valence-corrected chi connectivity index (χ0v) is 14.3. The SMILES string of the molecule is Cc1nc(NC(=O)CSc2nncn2-c2ccccc2)sc1C. The Morgan fingerprint density at radius 2 is 2.09 bits per heavy atom. The van der Waals surface area contributed by atoms with Gasteiger partial charge in [-0.3, -0.25) is 9.36 Å². The molecule has 23 heavy (non-hydrogen) atoms. The summed E-state index contributed by atoms with van der Waals surface area (Å²) in [6.45, 7) is 3.91. The van der Waals surface area contributed by atoms with Gasteiger partial charge in [0, 0.05) is 10.6 Å². The van der Waals surface area contributed by atoms with Crippen molar-refractivity contribution in [2.24, 2.45) is 0 Å². The third-order valence-electron chi connectivity index (χ3n) is 3.16. The van der Waals surface area contributed by atoms with Gasteiger partial charge in [0.2, 0.25) is 5.91 Å². The predicted molar refractivity (Wildman–Crippen MR) is 92.3 cm³/mol. The molecular weight excluding hydrogens is 330 g/mol. The first-order valence-electron chi connectivity index (χ1n) is 6.95. The first kappa shape index (κ1) is 15.7. The molecule has 1 amide bonds. The molecule has 1 N–H and O–H groups in total. The lowest BCUT2D eigenvalue weighted by molar-refractivity contribution is -0.113. The van der Waals surface area contributed by atoms with Crippen LogP contribution in [0.25, 0.3) is 5.69 Å². The van der Waals surface area contributed by atoms with E-state index in [-0.39, 0.29) is 11.7 Å². The van der Waals surface area contributed by atoms with Crippen LogP contribution in [0.3, 0.4) is 0 Å². The maximum absolute atomic E-state index is 12.1. The number of aromatic nitrogens is 4. The van der Waals surface area contributed by atoms with E-state index in [9.17, 15) is 4.79 Å². The highest BCUT2D eigenvalue weighted by Gasteiger charge is 2.12. The Labute approximate surface area is 142 Å². The number of aryl methyl sites for hydroxylation is 2. The smallest absolute Gasteiger partial charge is 0.236 e. The monoisotopic (exact) mass is 345 g/mol. The minimum absolute atomic E-state index is 0.105. The van der Waals surface area contributed by atoms with Gasteiger partial charge in [0.1, 0.15) is 6.33 Å². The second kappa shape index (κ2) is 6.93. The minimum atomic E-state index is -0.105. The molecule has 3 aromatic rings. The Morgan fingerprint density at radius 1 is 1.30 bits per heavy atom. The van der Waals surface area contributed by atoms with Crippen LogP contribution in [0.2, 0.25) is 0 Å². The molecule has 3 rings (SSSR count). The standard InChI is InChI=1S/C15H15N5OS2/c1-10-11(2)23-14(17-10)18-13(21)8-22-15-19-16-9-20(15)12-6-4-3-5-7-12/h3-7,9H,8H2,1-2H3,(H,17,18,21). The van der Waals surface area contributed by atoms with Crippen molar-refractivity contribution in [3.8, 4) is 5.69 Å². The molecule has 0 saturated carbocycles. The lowest BCUT2D eigenvalue weighted by Crippen LogP contribution is -2.14. The summed E-state index contributed by atoms with van der Waals surface area (Å²) >= 11 is 2.82. The van der Waals surface area contributed by atoms with Crippen LogP contribution in [0.15, 0.2) is 41.8 Å². The normalized spacial score (nSPS) is 10.7. The molecule has 1 aromatic carbocycles. The van der Waals surface area contributed by atoms with E-state index in [0.717, 1.165) is 16.3 Å².